The molecule has 0 unspecified atom stereocenters. The molecular weight excluding hydrogens is 180 g/mol. The second-order valence-corrected chi connectivity index (χ2v) is 3.37. The molecule has 0 amide bonds. The van der Waals surface area contributed by atoms with Gasteiger partial charge in [0, 0.05) is 18.7 Å². The Labute approximate surface area is 82.8 Å². The van der Waals surface area contributed by atoms with Gasteiger partial charge in [0.15, 0.2) is 6.35 Å². The minimum atomic E-state index is -0.804. The number of aliphatic hydroxyl groups is 2. The monoisotopic (exact) mass is 194 g/mol. The zero-order valence-electron chi connectivity index (χ0n) is 7.80. The van der Waals surface area contributed by atoms with E-state index in [4.69, 9.17) is 0 Å². The van der Waals surface area contributed by atoms with E-state index >= 15 is 0 Å². The van der Waals surface area contributed by atoms with E-state index in [1.165, 1.54) is 0 Å². The van der Waals surface area contributed by atoms with Crippen LogP contribution < -0.4 is 10.2 Å². The summed E-state index contributed by atoms with van der Waals surface area (Å²) < 4.78 is 0. The van der Waals surface area contributed by atoms with E-state index < -0.39 is 12.6 Å². The predicted molar refractivity (Wildman–Crippen MR) is 53.6 cm³/mol. The Kier molecular flexibility index (Phi) is 2.67. The molecule has 0 saturated carbocycles. The van der Waals surface area contributed by atoms with E-state index in [9.17, 15) is 10.2 Å². The van der Waals surface area contributed by atoms with Crippen LogP contribution in [0.15, 0.2) is 30.3 Å². The van der Waals surface area contributed by atoms with Gasteiger partial charge in [0.1, 0.15) is 6.23 Å². The van der Waals surface area contributed by atoms with Crippen molar-refractivity contribution in [2.45, 2.75) is 19.0 Å². The number of hydrogen-bond donors (Lipinski definition) is 3. The fourth-order valence-corrected chi connectivity index (χ4v) is 1.62. The molecule has 1 saturated heterocycles. The van der Waals surface area contributed by atoms with Gasteiger partial charge in [-0.2, -0.15) is 0 Å². The van der Waals surface area contributed by atoms with Crippen molar-refractivity contribution in [1.29, 1.82) is 0 Å². The van der Waals surface area contributed by atoms with Crippen LogP contribution in [0.25, 0.3) is 0 Å². The summed E-state index contributed by atoms with van der Waals surface area (Å²) in [6, 6.07) is 9.65. The molecule has 4 heteroatoms. The van der Waals surface area contributed by atoms with Gasteiger partial charge in [-0.3, -0.25) is 0 Å². The highest BCUT2D eigenvalue weighted by atomic mass is 16.3. The molecule has 0 radical (unpaired) electrons. The Morgan fingerprint density at radius 1 is 1.21 bits per heavy atom. The maximum Gasteiger partial charge on any atom is 0.186 e. The van der Waals surface area contributed by atoms with Crippen LogP contribution in [0, 0.1) is 0 Å². The molecule has 3 N–H and O–H groups in total. The molecule has 0 bridgehead atoms. The first kappa shape index (κ1) is 9.45. The zero-order chi connectivity index (χ0) is 9.97. The number of nitrogens with zero attached hydrogens (tertiary/aromatic N) is 1. The number of rotatable bonds is 1. The lowest BCUT2D eigenvalue weighted by Crippen LogP contribution is -2.56. The van der Waals surface area contributed by atoms with Gasteiger partial charge in [-0.05, 0) is 12.1 Å². The normalized spacial score (nSPS) is 27.7. The van der Waals surface area contributed by atoms with Gasteiger partial charge in [0.2, 0.25) is 0 Å². The average molecular weight is 194 g/mol. The summed E-state index contributed by atoms with van der Waals surface area (Å²) >= 11 is 0. The number of anilines is 1. The van der Waals surface area contributed by atoms with Gasteiger partial charge in [0.25, 0.3) is 0 Å². The number of nitrogens with one attached hydrogen (secondary N) is 1. The molecule has 2 atom stereocenters. The quantitative estimate of drug-likeness (QED) is 0.592. The molecule has 4 nitrogen and oxygen atoms in total. The maximum atomic E-state index is 9.65. The molecule has 1 aromatic carbocycles. The number of hydrogen-bond acceptors (Lipinski definition) is 4. The lowest BCUT2D eigenvalue weighted by Gasteiger charge is -2.36. The average Bonchev–Trinajstić information content (AvgIpc) is 2.19. The minimum Gasteiger partial charge on any atom is -0.378 e. The van der Waals surface area contributed by atoms with Crippen molar-refractivity contribution in [3.05, 3.63) is 30.3 Å². The molecule has 14 heavy (non-hydrogen) atoms. The first-order chi connectivity index (χ1) is 6.77. The van der Waals surface area contributed by atoms with Crippen LogP contribution in [-0.4, -0.2) is 29.3 Å². The summed E-state index contributed by atoms with van der Waals surface area (Å²) in [7, 11) is 0. The minimum absolute atomic E-state index is 0.607. The molecule has 76 valence electrons. The second kappa shape index (κ2) is 3.96. The van der Waals surface area contributed by atoms with Crippen molar-refractivity contribution in [2.75, 3.05) is 11.4 Å². The van der Waals surface area contributed by atoms with Crippen molar-refractivity contribution >= 4 is 5.69 Å². The topological polar surface area (TPSA) is 55.7 Å². The SMILES string of the molecule is O[C@@H]1CCN(c2ccccc2)[C@H](O)N1. The fourth-order valence-electron chi connectivity index (χ4n) is 1.62. The third-order valence-corrected chi connectivity index (χ3v) is 2.37. The van der Waals surface area contributed by atoms with Gasteiger partial charge < -0.3 is 15.1 Å². The lowest BCUT2D eigenvalue weighted by molar-refractivity contribution is 0.0135. The molecule has 1 heterocycles. The molecule has 1 aromatic rings. The van der Waals surface area contributed by atoms with Crippen LogP contribution in [0.3, 0.4) is 0 Å². The third-order valence-electron chi connectivity index (χ3n) is 2.37. The predicted octanol–water partition coefficient (Wildman–Crippen LogP) is 0.0806. The van der Waals surface area contributed by atoms with E-state index in [1.54, 1.807) is 0 Å². The Balaban J connectivity index is 2.12. The first-order valence-corrected chi connectivity index (χ1v) is 4.71. The summed E-state index contributed by atoms with van der Waals surface area (Å²) in [5.74, 6) is 0. The molecule has 1 aliphatic rings. The molecule has 0 aromatic heterocycles. The lowest BCUT2D eigenvalue weighted by atomic mass is 10.2. The van der Waals surface area contributed by atoms with Gasteiger partial charge in [-0.15, -0.1) is 0 Å². The largest absolute Gasteiger partial charge is 0.378 e. The maximum absolute atomic E-state index is 9.65. The van der Waals surface area contributed by atoms with Crippen molar-refractivity contribution in [1.82, 2.24) is 5.32 Å². The number of para-hydroxylation sites is 1. The Morgan fingerprint density at radius 3 is 2.57 bits per heavy atom. The third kappa shape index (κ3) is 1.87. The van der Waals surface area contributed by atoms with Crippen molar-refractivity contribution in [2.24, 2.45) is 0 Å². The molecule has 0 spiro atoms. The molecule has 2 rings (SSSR count). The van der Waals surface area contributed by atoms with E-state index in [0.717, 1.165) is 5.69 Å². The first-order valence-electron chi connectivity index (χ1n) is 4.71. The van der Waals surface area contributed by atoms with Gasteiger partial charge in [-0.25, -0.2) is 5.32 Å². The van der Waals surface area contributed by atoms with Crippen LogP contribution in [0.1, 0.15) is 6.42 Å². The standard InChI is InChI=1S/C10H14N2O2/c13-9-6-7-12(10(14)11-9)8-4-2-1-3-5-8/h1-5,9-11,13-14H,6-7H2/t9-,10-/m1/s1. The molecule has 0 aliphatic carbocycles. The smallest absolute Gasteiger partial charge is 0.186 e. The van der Waals surface area contributed by atoms with E-state index in [-0.39, 0.29) is 0 Å². The summed E-state index contributed by atoms with van der Waals surface area (Å²) in [6.07, 6.45) is -0.794. The van der Waals surface area contributed by atoms with Gasteiger partial charge in [-0.1, -0.05) is 18.2 Å². The molecular formula is C10H14N2O2. The zero-order valence-corrected chi connectivity index (χ0v) is 7.80. The number of benzene rings is 1. The van der Waals surface area contributed by atoms with E-state index in [2.05, 4.69) is 5.32 Å². The van der Waals surface area contributed by atoms with Crippen LogP contribution in [0.5, 0.6) is 0 Å². The fraction of sp³-hybridized carbons (Fsp3) is 0.400. The second-order valence-electron chi connectivity index (χ2n) is 3.37. The highest BCUT2D eigenvalue weighted by Crippen LogP contribution is 2.18. The van der Waals surface area contributed by atoms with E-state index in [1.807, 2.05) is 35.2 Å². The summed E-state index contributed by atoms with van der Waals surface area (Å²) in [4.78, 5) is 1.81. The van der Waals surface area contributed by atoms with Crippen LogP contribution >= 0.6 is 0 Å². The van der Waals surface area contributed by atoms with Gasteiger partial charge >= 0.3 is 0 Å². The van der Waals surface area contributed by atoms with Crippen molar-refractivity contribution in [3.8, 4) is 0 Å². The highest BCUT2D eigenvalue weighted by molar-refractivity contribution is 5.46. The highest BCUT2D eigenvalue weighted by Gasteiger charge is 2.24. The van der Waals surface area contributed by atoms with Crippen LogP contribution in [0.4, 0.5) is 5.69 Å². The molecule has 1 aliphatic heterocycles. The molecule has 1 fully saturated rings. The Hall–Kier alpha value is -1.10. The summed E-state index contributed by atoms with van der Waals surface area (Å²) in [6.45, 7) is 0.652. The van der Waals surface area contributed by atoms with E-state index in [0.29, 0.717) is 13.0 Å². The van der Waals surface area contributed by atoms with Crippen molar-refractivity contribution < 1.29 is 10.2 Å². The van der Waals surface area contributed by atoms with Crippen LogP contribution in [-0.2, 0) is 0 Å². The summed E-state index contributed by atoms with van der Waals surface area (Å²) in [5, 5.41) is 21.6. The number of aliphatic hydroxyl groups excluding tert-OH is 2. The Bertz CT molecular complexity index is 291. The Morgan fingerprint density at radius 2 is 1.93 bits per heavy atom. The van der Waals surface area contributed by atoms with Crippen LogP contribution in [0.2, 0.25) is 0 Å². The van der Waals surface area contributed by atoms with Crippen molar-refractivity contribution in [3.63, 3.8) is 0 Å². The summed E-state index contributed by atoms with van der Waals surface area (Å²) in [5.41, 5.74) is 0.958. The van der Waals surface area contributed by atoms with Gasteiger partial charge in [0.05, 0.1) is 0 Å².